The first-order valence-electron chi connectivity index (χ1n) is 8.91. The number of thiophene rings is 2. The van der Waals surface area contributed by atoms with Crippen LogP contribution in [-0.2, 0) is 4.79 Å². The Labute approximate surface area is 171 Å². The van der Waals surface area contributed by atoms with Crippen LogP contribution in [0.2, 0.25) is 0 Å². The van der Waals surface area contributed by atoms with Crippen molar-refractivity contribution in [3.63, 3.8) is 0 Å². The van der Waals surface area contributed by atoms with E-state index in [2.05, 4.69) is 5.10 Å². The highest BCUT2D eigenvalue weighted by atomic mass is 32.1. The molecule has 2 aromatic heterocycles. The number of likely N-dealkylation sites (N-methyl/N-ethyl adjacent to an activating group) is 1. The van der Waals surface area contributed by atoms with Crippen LogP contribution in [-0.4, -0.2) is 41.0 Å². The zero-order valence-corrected chi connectivity index (χ0v) is 17.0. The molecule has 1 aliphatic heterocycles. The number of carbonyl (C=O) groups excluding carboxylic acids is 2. The highest BCUT2D eigenvalue weighted by Gasteiger charge is 2.34. The predicted molar refractivity (Wildman–Crippen MR) is 113 cm³/mol. The van der Waals surface area contributed by atoms with Gasteiger partial charge >= 0.3 is 0 Å². The lowest BCUT2D eigenvalue weighted by Gasteiger charge is -2.24. The number of amides is 2. The van der Waals surface area contributed by atoms with E-state index in [0.717, 1.165) is 16.2 Å². The number of carbonyl (C=O) groups is 2. The summed E-state index contributed by atoms with van der Waals surface area (Å²) in [6.45, 7) is -0.0126. The number of hydrogen-bond donors (Lipinski definition) is 0. The number of hydrogen-bond acceptors (Lipinski definition) is 5. The fraction of sp³-hybridized carbons (Fsp3) is 0.190. The molecule has 28 heavy (non-hydrogen) atoms. The van der Waals surface area contributed by atoms with Gasteiger partial charge in [0.1, 0.15) is 6.54 Å². The number of nitrogens with zero attached hydrogens (tertiary/aromatic N) is 3. The minimum Gasteiger partial charge on any atom is -0.332 e. The summed E-state index contributed by atoms with van der Waals surface area (Å²) in [4.78, 5) is 28.7. The van der Waals surface area contributed by atoms with Crippen LogP contribution < -0.4 is 0 Å². The maximum Gasteiger partial charge on any atom is 0.264 e. The second-order valence-corrected chi connectivity index (χ2v) is 8.43. The molecule has 1 aliphatic rings. The minimum absolute atomic E-state index is 0.0126. The van der Waals surface area contributed by atoms with Gasteiger partial charge in [-0.1, -0.05) is 42.5 Å². The quantitative estimate of drug-likeness (QED) is 0.632. The second kappa shape index (κ2) is 8.08. The summed E-state index contributed by atoms with van der Waals surface area (Å²) in [5.41, 5.74) is 1.95. The van der Waals surface area contributed by atoms with Gasteiger partial charge in [-0.05, 0) is 28.5 Å². The fourth-order valence-electron chi connectivity index (χ4n) is 3.20. The maximum absolute atomic E-state index is 13.1. The highest BCUT2D eigenvalue weighted by Crippen LogP contribution is 2.33. The van der Waals surface area contributed by atoms with Crippen LogP contribution >= 0.6 is 22.7 Å². The molecule has 142 valence electrons. The van der Waals surface area contributed by atoms with Gasteiger partial charge in [-0.3, -0.25) is 9.59 Å². The van der Waals surface area contributed by atoms with Crippen molar-refractivity contribution in [2.24, 2.45) is 5.10 Å². The Bertz CT molecular complexity index is 982. The standard InChI is InChI=1S/C21H19N3O2S2/c1-23(21(26)19-10-6-12-28-19)14-20(25)24-17(15-7-3-2-4-8-15)13-16(22-24)18-9-5-11-27-18/h2-12,17H,13-14H2,1H3/t17-/m0/s1. The monoisotopic (exact) mass is 409 g/mol. The van der Waals surface area contributed by atoms with E-state index in [4.69, 9.17) is 0 Å². The molecule has 1 aromatic carbocycles. The van der Waals surface area contributed by atoms with E-state index < -0.39 is 0 Å². The normalized spacial score (nSPS) is 16.1. The molecule has 2 amide bonds. The third-order valence-corrected chi connectivity index (χ3v) is 6.38. The zero-order valence-electron chi connectivity index (χ0n) is 15.3. The van der Waals surface area contributed by atoms with Crippen molar-refractivity contribution >= 4 is 40.2 Å². The summed E-state index contributed by atoms with van der Waals surface area (Å²) in [6.07, 6.45) is 0.666. The van der Waals surface area contributed by atoms with Crippen LogP contribution in [0.1, 0.15) is 32.6 Å². The lowest BCUT2D eigenvalue weighted by molar-refractivity contribution is -0.133. The Kier molecular flexibility index (Phi) is 5.36. The fourth-order valence-corrected chi connectivity index (χ4v) is 4.64. The van der Waals surface area contributed by atoms with Crippen molar-refractivity contribution < 1.29 is 9.59 Å². The zero-order chi connectivity index (χ0) is 19.5. The van der Waals surface area contributed by atoms with Crippen LogP contribution in [0.25, 0.3) is 0 Å². The Balaban J connectivity index is 1.56. The molecule has 1 atom stereocenters. The molecule has 0 fully saturated rings. The molecule has 0 bridgehead atoms. The third-order valence-electron chi connectivity index (χ3n) is 4.61. The summed E-state index contributed by atoms with van der Waals surface area (Å²) < 4.78 is 0. The smallest absolute Gasteiger partial charge is 0.264 e. The van der Waals surface area contributed by atoms with Gasteiger partial charge in [-0.2, -0.15) is 5.10 Å². The van der Waals surface area contributed by atoms with E-state index in [9.17, 15) is 9.59 Å². The van der Waals surface area contributed by atoms with Crippen molar-refractivity contribution in [3.05, 3.63) is 80.7 Å². The molecule has 0 unspecified atom stereocenters. The molecule has 7 heteroatoms. The predicted octanol–water partition coefficient (Wildman–Crippen LogP) is 4.26. The molecule has 0 N–H and O–H groups in total. The van der Waals surface area contributed by atoms with E-state index in [-0.39, 0.29) is 24.4 Å². The first-order chi connectivity index (χ1) is 13.6. The largest absolute Gasteiger partial charge is 0.332 e. The first-order valence-corrected chi connectivity index (χ1v) is 10.7. The van der Waals surface area contributed by atoms with Crippen molar-refractivity contribution in [2.75, 3.05) is 13.6 Å². The first kappa shape index (κ1) is 18.6. The highest BCUT2D eigenvalue weighted by molar-refractivity contribution is 7.12. The number of rotatable bonds is 5. The summed E-state index contributed by atoms with van der Waals surface area (Å²) >= 11 is 2.99. The number of benzene rings is 1. The molecule has 5 nitrogen and oxygen atoms in total. The van der Waals surface area contributed by atoms with Gasteiger partial charge in [0, 0.05) is 13.5 Å². The molecule has 0 saturated heterocycles. The van der Waals surface area contributed by atoms with Crippen molar-refractivity contribution in [1.29, 1.82) is 0 Å². The molecule has 0 saturated carbocycles. The van der Waals surface area contributed by atoms with Gasteiger partial charge in [-0.15, -0.1) is 22.7 Å². The van der Waals surface area contributed by atoms with Gasteiger partial charge in [-0.25, -0.2) is 5.01 Å². The van der Waals surface area contributed by atoms with Crippen LogP contribution in [0, 0.1) is 0 Å². The summed E-state index contributed by atoms with van der Waals surface area (Å²) in [7, 11) is 1.65. The third kappa shape index (κ3) is 3.76. The Morgan fingerprint density at radius 3 is 2.50 bits per heavy atom. The molecule has 0 radical (unpaired) electrons. The summed E-state index contributed by atoms with van der Waals surface area (Å²) in [6, 6.07) is 17.4. The van der Waals surface area contributed by atoms with E-state index in [0.29, 0.717) is 11.3 Å². The van der Waals surface area contributed by atoms with E-state index >= 15 is 0 Å². The minimum atomic E-state index is -0.187. The SMILES string of the molecule is CN(CC(=O)N1N=C(c2cccs2)C[C@H]1c1ccccc1)C(=O)c1cccs1. The van der Waals surface area contributed by atoms with Crippen molar-refractivity contribution in [3.8, 4) is 0 Å². The Hall–Kier alpha value is -2.77. The average Bonchev–Trinajstić information content (AvgIpc) is 3.49. The topological polar surface area (TPSA) is 53.0 Å². The van der Waals surface area contributed by atoms with E-state index in [1.807, 2.05) is 59.3 Å². The molecule has 0 aliphatic carbocycles. The molecule has 3 aromatic rings. The van der Waals surface area contributed by atoms with Crippen molar-refractivity contribution in [1.82, 2.24) is 9.91 Å². The maximum atomic E-state index is 13.1. The second-order valence-electron chi connectivity index (χ2n) is 6.53. The molecule has 4 rings (SSSR count). The van der Waals surface area contributed by atoms with Gasteiger partial charge in [0.25, 0.3) is 11.8 Å². The average molecular weight is 410 g/mol. The van der Waals surface area contributed by atoms with Crippen LogP contribution in [0.15, 0.2) is 70.5 Å². The summed E-state index contributed by atoms with van der Waals surface area (Å²) in [5, 5.41) is 10.0. The van der Waals surface area contributed by atoms with Crippen LogP contribution in [0.3, 0.4) is 0 Å². The van der Waals surface area contributed by atoms with Gasteiger partial charge in [0.15, 0.2) is 0 Å². The van der Waals surface area contributed by atoms with Gasteiger partial charge in [0.2, 0.25) is 0 Å². The van der Waals surface area contributed by atoms with Crippen molar-refractivity contribution in [2.45, 2.75) is 12.5 Å². The van der Waals surface area contributed by atoms with Crippen LogP contribution in [0.5, 0.6) is 0 Å². The Morgan fingerprint density at radius 1 is 1.07 bits per heavy atom. The molecule has 3 heterocycles. The molecule has 0 spiro atoms. The van der Waals surface area contributed by atoms with Gasteiger partial charge in [0.05, 0.1) is 21.5 Å². The summed E-state index contributed by atoms with van der Waals surface area (Å²) in [5.74, 6) is -0.339. The van der Waals surface area contributed by atoms with E-state index in [1.54, 1.807) is 29.5 Å². The lowest BCUT2D eigenvalue weighted by Crippen LogP contribution is -2.39. The molecular formula is C21H19N3O2S2. The Morgan fingerprint density at radius 2 is 1.82 bits per heavy atom. The number of hydrazone groups is 1. The lowest BCUT2D eigenvalue weighted by atomic mass is 10.0. The van der Waals surface area contributed by atoms with Crippen LogP contribution in [0.4, 0.5) is 0 Å². The van der Waals surface area contributed by atoms with E-state index in [1.165, 1.54) is 16.2 Å². The van der Waals surface area contributed by atoms with Gasteiger partial charge < -0.3 is 4.90 Å². The molecular weight excluding hydrogens is 390 g/mol.